The summed E-state index contributed by atoms with van der Waals surface area (Å²) in [6.07, 6.45) is 1.10. The smallest absolute Gasteiger partial charge is 0.316 e. The second-order valence-electron chi connectivity index (χ2n) is 7.94. The molecule has 2 aromatic rings. The Morgan fingerprint density at radius 1 is 1.09 bits per heavy atom. The Morgan fingerprint density at radius 2 is 1.82 bits per heavy atom. The first-order valence-electron chi connectivity index (χ1n) is 10.7. The number of carboxylic acid groups (broad SMARTS) is 1. The molecule has 2 aromatic carbocycles. The average molecular weight is 450 g/mol. The number of amides is 3. The first kappa shape index (κ1) is 23.7. The van der Waals surface area contributed by atoms with Crippen molar-refractivity contribution in [1.29, 1.82) is 0 Å². The van der Waals surface area contributed by atoms with Gasteiger partial charge in [-0.2, -0.15) is 0 Å². The van der Waals surface area contributed by atoms with E-state index in [2.05, 4.69) is 10.6 Å². The van der Waals surface area contributed by atoms with Crippen LogP contribution >= 0.6 is 0 Å². The fourth-order valence-electron chi connectivity index (χ4n) is 3.82. The number of nitrogens with zero attached hydrogens (tertiary/aromatic N) is 1. The Bertz CT molecular complexity index is 1120. The first-order valence-corrected chi connectivity index (χ1v) is 10.7. The van der Waals surface area contributed by atoms with Gasteiger partial charge in [0.25, 0.3) is 5.91 Å². The van der Waals surface area contributed by atoms with E-state index >= 15 is 0 Å². The van der Waals surface area contributed by atoms with Crippen LogP contribution in [0.2, 0.25) is 0 Å². The highest BCUT2D eigenvalue weighted by Gasteiger charge is 2.36. The number of Topliss-reactive ketones (excluding diaryl/α,β-unsaturated/α-hetero) is 1. The molecule has 8 nitrogen and oxygen atoms in total. The molecule has 2 atom stereocenters. The van der Waals surface area contributed by atoms with Gasteiger partial charge in [-0.25, -0.2) is 4.79 Å². The molecule has 3 amide bonds. The molecular formula is C25H27N3O5. The Labute approximate surface area is 192 Å². The van der Waals surface area contributed by atoms with E-state index in [0.29, 0.717) is 17.7 Å². The third kappa shape index (κ3) is 5.46. The molecule has 0 saturated carbocycles. The first-order chi connectivity index (χ1) is 15.7. The molecule has 1 aliphatic rings. The maximum Gasteiger partial charge on any atom is 0.316 e. The molecular weight excluding hydrogens is 422 g/mol. The topological polar surface area (TPSA) is 116 Å². The monoisotopic (exact) mass is 449 g/mol. The predicted molar refractivity (Wildman–Crippen MR) is 123 cm³/mol. The minimum Gasteiger partial charge on any atom is -0.481 e. The number of benzene rings is 2. The number of urea groups is 1. The summed E-state index contributed by atoms with van der Waals surface area (Å²) in [5.41, 5.74) is 3.90. The number of carbonyl (C=O) groups is 4. The lowest BCUT2D eigenvalue weighted by Crippen LogP contribution is -2.56. The second kappa shape index (κ2) is 10.1. The molecule has 0 aliphatic carbocycles. The number of ketones is 1. The van der Waals surface area contributed by atoms with Crippen LogP contribution in [0, 0.1) is 6.92 Å². The van der Waals surface area contributed by atoms with E-state index in [4.69, 9.17) is 0 Å². The van der Waals surface area contributed by atoms with Crippen LogP contribution in [-0.4, -0.2) is 46.3 Å². The summed E-state index contributed by atoms with van der Waals surface area (Å²) in [4.78, 5) is 50.6. The average Bonchev–Trinajstić information content (AvgIpc) is 2.78. The zero-order valence-corrected chi connectivity index (χ0v) is 18.8. The summed E-state index contributed by atoms with van der Waals surface area (Å²) in [6.45, 7) is 5.68. The molecule has 3 N–H and O–H groups in total. The van der Waals surface area contributed by atoms with E-state index in [9.17, 15) is 24.3 Å². The van der Waals surface area contributed by atoms with Gasteiger partial charge >= 0.3 is 12.0 Å². The molecule has 0 saturated heterocycles. The van der Waals surface area contributed by atoms with Crippen molar-refractivity contribution in [3.05, 3.63) is 71.4 Å². The van der Waals surface area contributed by atoms with Gasteiger partial charge in [0.15, 0.2) is 11.8 Å². The van der Waals surface area contributed by atoms with Gasteiger partial charge in [0.1, 0.15) is 0 Å². The number of aryl methyl sites for hydroxylation is 1. The molecule has 8 heteroatoms. The van der Waals surface area contributed by atoms with Crippen molar-refractivity contribution in [2.75, 3.05) is 6.54 Å². The molecule has 33 heavy (non-hydrogen) atoms. The fourth-order valence-corrected chi connectivity index (χ4v) is 3.82. The Balaban J connectivity index is 1.83. The maximum atomic E-state index is 12.7. The largest absolute Gasteiger partial charge is 0.481 e. The molecule has 172 valence electrons. The van der Waals surface area contributed by atoms with Crippen molar-refractivity contribution in [3.8, 4) is 11.1 Å². The number of carboxylic acids is 1. The van der Waals surface area contributed by atoms with Gasteiger partial charge < -0.3 is 20.6 Å². The second-order valence-corrected chi connectivity index (χ2v) is 7.94. The van der Waals surface area contributed by atoms with Crippen molar-refractivity contribution in [1.82, 2.24) is 15.5 Å². The van der Waals surface area contributed by atoms with Gasteiger partial charge in [-0.1, -0.05) is 42.5 Å². The van der Waals surface area contributed by atoms with Crippen LogP contribution in [0.3, 0.4) is 0 Å². The minimum absolute atomic E-state index is 0.356. The molecule has 1 heterocycles. The van der Waals surface area contributed by atoms with Gasteiger partial charge in [-0.3, -0.25) is 14.4 Å². The van der Waals surface area contributed by atoms with Gasteiger partial charge in [-0.15, -0.1) is 0 Å². The number of nitrogens with one attached hydrogen (secondary N) is 2. The fraction of sp³-hybridized carbons (Fsp3) is 0.280. The molecule has 1 aliphatic heterocycles. The van der Waals surface area contributed by atoms with Crippen LogP contribution in [0.15, 0.2) is 60.3 Å². The summed E-state index contributed by atoms with van der Waals surface area (Å²) in [5.74, 6) is -2.11. The van der Waals surface area contributed by atoms with Crippen molar-refractivity contribution in [3.63, 3.8) is 0 Å². The van der Waals surface area contributed by atoms with Crippen LogP contribution < -0.4 is 10.6 Å². The van der Waals surface area contributed by atoms with Crippen LogP contribution in [0.5, 0.6) is 0 Å². The quantitative estimate of drug-likeness (QED) is 0.562. The molecule has 0 fully saturated rings. The van der Waals surface area contributed by atoms with Crippen LogP contribution in [0.4, 0.5) is 4.79 Å². The van der Waals surface area contributed by atoms with Crippen molar-refractivity contribution >= 4 is 23.7 Å². The lowest BCUT2D eigenvalue weighted by molar-refractivity contribution is -0.138. The Hall–Kier alpha value is -3.94. The summed E-state index contributed by atoms with van der Waals surface area (Å²) in [5, 5.41) is 14.4. The van der Waals surface area contributed by atoms with Gasteiger partial charge in [0, 0.05) is 18.3 Å². The molecule has 0 aromatic heterocycles. The highest BCUT2D eigenvalue weighted by Crippen LogP contribution is 2.27. The summed E-state index contributed by atoms with van der Waals surface area (Å²) in [6, 6.07) is 12.1. The van der Waals surface area contributed by atoms with Gasteiger partial charge in [0.05, 0.1) is 12.5 Å². The highest BCUT2D eigenvalue weighted by molar-refractivity contribution is 6.16. The number of likely N-dealkylation sites (N-methyl/N-ethyl adjacent to an activating group) is 1. The number of hydrogen-bond acceptors (Lipinski definition) is 4. The summed E-state index contributed by atoms with van der Waals surface area (Å²) < 4.78 is 0. The van der Waals surface area contributed by atoms with E-state index in [0.717, 1.165) is 16.7 Å². The number of hydrogen-bond donors (Lipinski definition) is 3. The van der Waals surface area contributed by atoms with Crippen molar-refractivity contribution in [2.45, 2.75) is 39.3 Å². The molecule has 0 radical (unpaired) electrons. The molecule has 3 rings (SSSR count). The molecule has 2 unspecified atom stereocenters. The number of aliphatic carboxylic acids is 1. The molecule has 0 spiro atoms. The standard InChI is InChI=1S/C25H27N3O5/c1-4-28-14-16(3)23(31)22(24(28)32)27-25(33)26-20(13-21(29)30)18-10-7-9-17(12-18)19-11-6-5-8-15(19)2/h5-12,14,20,22H,4,13H2,1-3H3,(H,29,30)(H2,26,27,33). The van der Waals surface area contributed by atoms with Gasteiger partial charge in [0.2, 0.25) is 0 Å². The summed E-state index contributed by atoms with van der Waals surface area (Å²) in [7, 11) is 0. The third-order valence-electron chi connectivity index (χ3n) is 5.58. The van der Waals surface area contributed by atoms with Crippen LogP contribution in [0.1, 0.15) is 37.4 Å². The van der Waals surface area contributed by atoms with E-state index < -0.39 is 35.8 Å². The highest BCUT2D eigenvalue weighted by atomic mass is 16.4. The van der Waals surface area contributed by atoms with E-state index in [-0.39, 0.29) is 6.42 Å². The van der Waals surface area contributed by atoms with E-state index in [1.54, 1.807) is 26.0 Å². The lowest BCUT2D eigenvalue weighted by atomic mass is 9.95. The van der Waals surface area contributed by atoms with E-state index in [1.807, 2.05) is 43.3 Å². The number of rotatable bonds is 7. The van der Waals surface area contributed by atoms with Crippen LogP contribution in [0.25, 0.3) is 11.1 Å². The van der Waals surface area contributed by atoms with Crippen LogP contribution in [-0.2, 0) is 14.4 Å². The zero-order chi connectivity index (χ0) is 24.1. The van der Waals surface area contributed by atoms with Gasteiger partial charge in [-0.05, 0) is 49.1 Å². The SMILES string of the molecule is CCN1C=C(C)C(=O)C(NC(=O)NC(CC(=O)O)c2cccc(-c3ccccc3C)c2)C1=O. The maximum absolute atomic E-state index is 12.7. The number of carbonyl (C=O) groups excluding carboxylic acids is 3. The minimum atomic E-state index is -1.35. The zero-order valence-electron chi connectivity index (χ0n) is 18.8. The normalized spacial score (nSPS) is 16.8. The van der Waals surface area contributed by atoms with E-state index in [1.165, 1.54) is 11.1 Å². The predicted octanol–water partition coefficient (Wildman–Crippen LogP) is 3.18. The van der Waals surface area contributed by atoms with Crippen molar-refractivity contribution in [2.24, 2.45) is 0 Å². The Morgan fingerprint density at radius 3 is 2.48 bits per heavy atom. The lowest BCUT2D eigenvalue weighted by Gasteiger charge is -2.29. The molecule has 0 bridgehead atoms. The van der Waals surface area contributed by atoms with Crippen molar-refractivity contribution < 1.29 is 24.3 Å². The summed E-state index contributed by atoms with van der Waals surface area (Å²) >= 11 is 0. The Kier molecular flexibility index (Phi) is 7.27. The third-order valence-corrected chi connectivity index (χ3v) is 5.58.